The van der Waals surface area contributed by atoms with E-state index in [4.69, 9.17) is 4.74 Å². The average Bonchev–Trinajstić information content (AvgIpc) is 2.42. The van der Waals surface area contributed by atoms with Crippen molar-refractivity contribution in [2.24, 2.45) is 5.92 Å². The Kier molecular flexibility index (Phi) is 7.47. The van der Waals surface area contributed by atoms with E-state index in [0.29, 0.717) is 12.0 Å². The van der Waals surface area contributed by atoms with Gasteiger partial charge in [0.05, 0.1) is 6.61 Å². The number of halogens is 1. The number of hydrogen-bond acceptors (Lipinski definition) is 2. The maximum absolute atomic E-state index is 5.99. The van der Waals surface area contributed by atoms with E-state index in [-0.39, 0.29) is 0 Å². The molecule has 3 heteroatoms. The van der Waals surface area contributed by atoms with Gasteiger partial charge in [0, 0.05) is 16.1 Å². The Hall–Kier alpha value is -0.540. The van der Waals surface area contributed by atoms with Gasteiger partial charge in [0.1, 0.15) is 5.75 Å². The van der Waals surface area contributed by atoms with Crippen LogP contribution in [0.4, 0.5) is 0 Å². The van der Waals surface area contributed by atoms with Gasteiger partial charge in [0.2, 0.25) is 0 Å². The van der Waals surface area contributed by atoms with Crippen molar-refractivity contribution in [1.29, 1.82) is 0 Å². The van der Waals surface area contributed by atoms with E-state index in [2.05, 4.69) is 61.1 Å². The molecule has 0 aliphatic heterocycles. The fraction of sp³-hybridized carbons (Fsp3) is 0.625. The Bertz CT molecular complexity index is 381. The molecular formula is C16H26BrNO. The van der Waals surface area contributed by atoms with Crippen molar-refractivity contribution in [1.82, 2.24) is 5.32 Å². The first kappa shape index (κ1) is 16.5. The molecule has 0 aliphatic rings. The van der Waals surface area contributed by atoms with Crippen molar-refractivity contribution in [3.63, 3.8) is 0 Å². The van der Waals surface area contributed by atoms with Gasteiger partial charge in [0.25, 0.3) is 0 Å². The molecule has 1 aromatic rings. The molecule has 2 unspecified atom stereocenters. The fourth-order valence-electron chi connectivity index (χ4n) is 1.81. The third-order valence-electron chi connectivity index (χ3n) is 3.36. The number of nitrogens with one attached hydrogen (secondary N) is 1. The Balaban J connectivity index is 2.78. The number of hydrogen-bond donors (Lipinski definition) is 1. The van der Waals surface area contributed by atoms with E-state index in [0.717, 1.165) is 36.2 Å². The molecule has 1 N–H and O–H groups in total. The zero-order valence-electron chi connectivity index (χ0n) is 12.5. The highest BCUT2D eigenvalue weighted by Crippen LogP contribution is 2.29. The minimum Gasteiger partial charge on any atom is -0.493 e. The molecule has 0 spiro atoms. The lowest BCUT2D eigenvalue weighted by molar-refractivity contribution is 0.252. The van der Waals surface area contributed by atoms with E-state index in [1.54, 1.807) is 0 Å². The summed E-state index contributed by atoms with van der Waals surface area (Å²) in [6, 6.07) is 6.57. The van der Waals surface area contributed by atoms with E-state index in [1.165, 1.54) is 5.56 Å². The summed E-state index contributed by atoms with van der Waals surface area (Å²) in [6.45, 7) is 10.6. The van der Waals surface area contributed by atoms with Gasteiger partial charge in [-0.3, -0.25) is 0 Å². The molecule has 0 amide bonds. The van der Waals surface area contributed by atoms with Crippen LogP contribution in [-0.4, -0.2) is 13.2 Å². The van der Waals surface area contributed by atoms with Gasteiger partial charge in [-0.2, -0.15) is 0 Å². The third kappa shape index (κ3) is 5.53. The Labute approximate surface area is 126 Å². The smallest absolute Gasteiger partial charge is 0.124 e. The van der Waals surface area contributed by atoms with Crippen LogP contribution in [0.25, 0.3) is 0 Å². The van der Waals surface area contributed by atoms with Crippen molar-refractivity contribution in [2.45, 2.75) is 46.6 Å². The minimum absolute atomic E-state index is 0.310. The van der Waals surface area contributed by atoms with Crippen LogP contribution in [0, 0.1) is 5.92 Å². The normalized spacial score (nSPS) is 14.2. The van der Waals surface area contributed by atoms with Gasteiger partial charge in [-0.15, -0.1) is 0 Å². The monoisotopic (exact) mass is 327 g/mol. The highest BCUT2D eigenvalue weighted by atomic mass is 79.9. The summed E-state index contributed by atoms with van der Waals surface area (Å²) in [6.07, 6.45) is 2.29. The first-order valence-corrected chi connectivity index (χ1v) is 8.03. The summed E-state index contributed by atoms with van der Waals surface area (Å²) in [5, 5.41) is 3.52. The topological polar surface area (TPSA) is 21.3 Å². The molecule has 0 bridgehead atoms. The molecule has 0 aliphatic carbocycles. The second kappa shape index (κ2) is 8.60. The molecule has 2 atom stereocenters. The number of ether oxygens (including phenoxy) is 1. The van der Waals surface area contributed by atoms with Gasteiger partial charge in [-0.05, 0) is 44.0 Å². The van der Waals surface area contributed by atoms with Crippen molar-refractivity contribution < 1.29 is 4.74 Å². The standard InChI is InChI=1S/C16H26BrNO/c1-5-9-18-13(4)15-10-14(17)7-8-16(15)19-11-12(3)6-2/h7-8,10,12-13,18H,5-6,9,11H2,1-4H3. The van der Waals surface area contributed by atoms with Crippen LogP contribution in [0.5, 0.6) is 5.75 Å². The second-order valence-corrected chi connectivity index (χ2v) is 6.10. The van der Waals surface area contributed by atoms with Crippen LogP contribution in [0.2, 0.25) is 0 Å². The van der Waals surface area contributed by atoms with Gasteiger partial charge in [-0.1, -0.05) is 43.1 Å². The predicted octanol–water partition coefficient (Wildman–Crippen LogP) is 4.93. The van der Waals surface area contributed by atoms with Gasteiger partial charge < -0.3 is 10.1 Å². The molecule has 0 heterocycles. The van der Waals surface area contributed by atoms with Crippen LogP contribution in [0.15, 0.2) is 22.7 Å². The van der Waals surface area contributed by atoms with Gasteiger partial charge in [0.15, 0.2) is 0 Å². The summed E-state index contributed by atoms with van der Waals surface area (Å²) in [5.74, 6) is 1.59. The summed E-state index contributed by atoms with van der Waals surface area (Å²) < 4.78 is 7.09. The Morgan fingerprint density at radius 1 is 1.26 bits per heavy atom. The lowest BCUT2D eigenvalue weighted by Gasteiger charge is -2.20. The average molecular weight is 328 g/mol. The molecule has 2 nitrogen and oxygen atoms in total. The zero-order chi connectivity index (χ0) is 14.3. The number of benzene rings is 1. The van der Waals surface area contributed by atoms with E-state index < -0.39 is 0 Å². The minimum atomic E-state index is 0.310. The molecule has 1 aromatic carbocycles. The lowest BCUT2D eigenvalue weighted by Crippen LogP contribution is -2.20. The molecule has 0 saturated heterocycles. The maximum atomic E-state index is 5.99. The molecule has 1 rings (SSSR count). The molecule has 19 heavy (non-hydrogen) atoms. The summed E-state index contributed by atoms with van der Waals surface area (Å²) in [7, 11) is 0. The largest absolute Gasteiger partial charge is 0.493 e. The molecule has 0 radical (unpaired) electrons. The van der Waals surface area contributed by atoms with E-state index >= 15 is 0 Å². The number of rotatable bonds is 8. The highest BCUT2D eigenvalue weighted by Gasteiger charge is 2.12. The quantitative estimate of drug-likeness (QED) is 0.730. The summed E-state index contributed by atoms with van der Waals surface area (Å²) >= 11 is 3.54. The first-order chi connectivity index (χ1) is 9.08. The highest BCUT2D eigenvalue weighted by molar-refractivity contribution is 9.10. The lowest BCUT2D eigenvalue weighted by atomic mass is 10.1. The SMILES string of the molecule is CCCNC(C)c1cc(Br)ccc1OCC(C)CC. The zero-order valence-corrected chi connectivity index (χ0v) is 14.1. The Morgan fingerprint density at radius 3 is 2.63 bits per heavy atom. The van der Waals surface area contributed by atoms with Crippen LogP contribution in [0.1, 0.15) is 52.1 Å². The first-order valence-electron chi connectivity index (χ1n) is 7.24. The molecule has 0 aromatic heterocycles. The van der Waals surface area contributed by atoms with Crippen LogP contribution >= 0.6 is 15.9 Å². The van der Waals surface area contributed by atoms with E-state index in [9.17, 15) is 0 Å². The van der Waals surface area contributed by atoms with Crippen molar-refractivity contribution in [2.75, 3.05) is 13.2 Å². The van der Waals surface area contributed by atoms with Crippen LogP contribution in [-0.2, 0) is 0 Å². The predicted molar refractivity (Wildman–Crippen MR) is 85.8 cm³/mol. The van der Waals surface area contributed by atoms with Gasteiger partial charge >= 0.3 is 0 Å². The van der Waals surface area contributed by atoms with Gasteiger partial charge in [-0.25, -0.2) is 0 Å². The second-order valence-electron chi connectivity index (χ2n) is 5.18. The van der Waals surface area contributed by atoms with Crippen LogP contribution < -0.4 is 10.1 Å². The van der Waals surface area contributed by atoms with Crippen molar-refractivity contribution >= 4 is 15.9 Å². The van der Waals surface area contributed by atoms with E-state index in [1.807, 2.05) is 6.07 Å². The molecule has 0 saturated carbocycles. The van der Waals surface area contributed by atoms with Crippen molar-refractivity contribution in [3.05, 3.63) is 28.2 Å². The molecular weight excluding hydrogens is 302 g/mol. The van der Waals surface area contributed by atoms with Crippen molar-refractivity contribution in [3.8, 4) is 5.75 Å². The fourth-order valence-corrected chi connectivity index (χ4v) is 2.19. The summed E-state index contributed by atoms with van der Waals surface area (Å²) in [4.78, 5) is 0. The summed E-state index contributed by atoms with van der Waals surface area (Å²) in [5.41, 5.74) is 1.23. The molecule has 0 fully saturated rings. The Morgan fingerprint density at radius 2 is 2.00 bits per heavy atom. The molecule has 108 valence electrons. The maximum Gasteiger partial charge on any atom is 0.124 e. The van der Waals surface area contributed by atoms with Crippen LogP contribution in [0.3, 0.4) is 0 Å². The third-order valence-corrected chi connectivity index (χ3v) is 3.85.